The van der Waals surface area contributed by atoms with Crippen molar-refractivity contribution in [2.24, 2.45) is 17.3 Å². The third-order valence-electron chi connectivity index (χ3n) is 12.3. The minimum absolute atomic E-state index is 0.108. The van der Waals surface area contributed by atoms with Crippen LogP contribution in [0.4, 0.5) is 0 Å². The molecular weight excluding hydrogens is 602 g/mol. The average molecular weight is 650 g/mol. The predicted molar refractivity (Wildman–Crippen MR) is 172 cm³/mol. The fourth-order valence-electron chi connectivity index (χ4n) is 9.73. The molecule has 4 fully saturated rings. The zero-order chi connectivity index (χ0) is 32.9. The second-order valence-electron chi connectivity index (χ2n) is 14.7. The van der Waals surface area contributed by atoms with Gasteiger partial charge in [0.2, 0.25) is 0 Å². The van der Waals surface area contributed by atoms with Crippen molar-refractivity contribution < 1.29 is 44.2 Å². The summed E-state index contributed by atoms with van der Waals surface area (Å²) in [5.41, 5.74) is 4.88. The minimum Gasteiger partial charge on any atom is -0.493 e. The van der Waals surface area contributed by atoms with Gasteiger partial charge in [0.05, 0.1) is 13.7 Å². The number of rotatable bonds is 11. The van der Waals surface area contributed by atoms with Crippen LogP contribution < -0.4 is 9.47 Å². The molecule has 2 saturated carbocycles. The Kier molecular flexibility index (Phi) is 8.74. The third-order valence-corrected chi connectivity index (χ3v) is 12.3. The van der Waals surface area contributed by atoms with Crippen LogP contribution in [0.25, 0.3) is 0 Å². The first-order valence-corrected chi connectivity index (χ1v) is 17.3. The van der Waals surface area contributed by atoms with E-state index in [0.717, 1.165) is 24.0 Å². The number of carbonyl (C=O) groups is 2. The highest BCUT2D eigenvalue weighted by Crippen LogP contribution is 2.69. The fourth-order valence-corrected chi connectivity index (χ4v) is 9.73. The van der Waals surface area contributed by atoms with Crippen LogP contribution in [0.5, 0.6) is 11.5 Å². The number of unbranched alkanes of at least 4 members (excludes halogenated alkanes) is 1. The maximum Gasteiger partial charge on any atom is 0.335 e. The molecule has 10 heteroatoms. The van der Waals surface area contributed by atoms with Crippen LogP contribution >= 0.6 is 0 Å². The number of hydrogen-bond acceptors (Lipinski definition) is 8. The summed E-state index contributed by atoms with van der Waals surface area (Å²) in [4.78, 5) is 22.5. The average Bonchev–Trinajstić information content (AvgIpc) is 3.36. The highest BCUT2D eigenvalue weighted by atomic mass is 16.6. The Bertz CT molecular complexity index is 1460. The Morgan fingerprint density at radius 3 is 2.38 bits per heavy atom. The van der Waals surface area contributed by atoms with E-state index in [4.69, 9.17) is 34.6 Å². The molecule has 10 nitrogen and oxygen atoms in total. The molecule has 254 valence electrons. The number of piperidine rings is 1. The van der Waals surface area contributed by atoms with Crippen molar-refractivity contribution in [3.8, 4) is 11.5 Å². The summed E-state index contributed by atoms with van der Waals surface area (Å²) in [7, 11) is 1.79. The molecule has 47 heavy (non-hydrogen) atoms. The predicted octanol–water partition coefficient (Wildman–Crippen LogP) is 3.82. The van der Waals surface area contributed by atoms with Crippen molar-refractivity contribution in [2.45, 2.75) is 100 Å². The molecule has 6 aliphatic rings. The lowest BCUT2D eigenvalue weighted by atomic mass is 9.45. The van der Waals surface area contributed by atoms with E-state index in [2.05, 4.69) is 47.4 Å². The van der Waals surface area contributed by atoms with Gasteiger partial charge < -0.3 is 34.6 Å². The number of likely N-dealkylation sites (tertiary alicyclic amines) is 1. The number of carboxylic acids is 2. The molecule has 3 aliphatic carbocycles. The fraction of sp³-hybridized carbons (Fsp3) is 0.622. The van der Waals surface area contributed by atoms with Crippen molar-refractivity contribution in [2.75, 3.05) is 26.8 Å². The summed E-state index contributed by atoms with van der Waals surface area (Å²) in [6.45, 7) is 3.45. The molecule has 4 N–H and O–H groups in total. The minimum atomic E-state index is -2.27. The van der Waals surface area contributed by atoms with Crippen LogP contribution in [0.3, 0.4) is 0 Å². The second kappa shape index (κ2) is 12.7. The SMILES string of the molecule is COc1ccc2c3c1OC1[C@H]4OC[C@@]4(CCCCc4ccccc4)CC4C(C2)N(CC2CCC2)CCC341.O=C(O)C(O)C(O)C(=O)O. The molecule has 8 rings (SSSR count). The molecule has 0 aromatic heterocycles. The topological polar surface area (TPSA) is 146 Å². The van der Waals surface area contributed by atoms with Crippen molar-refractivity contribution in [3.63, 3.8) is 0 Å². The number of aliphatic hydroxyl groups is 2. The van der Waals surface area contributed by atoms with Crippen LogP contribution in [0.15, 0.2) is 42.5 Å². The summed E-state index contributed by atoms with van der Waals surface area (Å²) < 4.78 is 19.4. The molecule has 6 unspecified atom stereocenters. The number of carboxylic acid groups (broad SMARTS) is 2. The first kappa shape index (κ1) is 32.4. The van der Waals surface area contributed by atoms with E-state index in [1.54, 1.807) is 7.11 Å². The highest BCUT2D eigenvalue weighted by molar-refractivity contribution is 5.83. The van der Waals surface area contributed by atoms with Gasteiger partial charge in [0.25, 0.3) is 0 Å². The molecule has 0 radical (unpaired) electrons. The van der Waals surface area contributed by atoms with Gasteiger partial charge in [-0.15, -0.1) is 0 Å². The van der Waals surface area contributed by atoms with Gasteiger partial charge in [0.15, 0.2) is 23.7 Å². The van der Waals surface area contributed by atoms with Gasteiger partial charge in [0, 0.05) is 29.0 Å². The Labute approximate surface area is 275 Å². The molecular formula is C37H47NO9. The van der Waals surface area contributed by atoms with E-state index in [1.165, 1.54) is 94.0 Å². The second-order valence-corrected chi connectivity index (χ2v) is 14.7. The van der Waals surface area contributed by atoms with Crippen molar-refractivity contribution >= 4 is 11.9 Å². The van der Waals surface area contributed by atoms with Gasteiger partial charge in [-0.2, -0.15) is 0 Å². The van der Waals surface area contributed by atoms with E-state index in [0.29, 0.717) is 12.0 Å². The summed E-state index contributed by atoms with van der Waals surface area (Å²) in [5.74, 6) is 0.0276. The summed E-state index contributed by atoms with van der Waals surface area (Å²) >= 11 is 0. The summed E-state index contributed by atoms with van der Waals surface area (Å²) in [6.07, 6.45) is 8.83. The van der Waals surface area contributed by atoms with Gasteiger partial charge in [0.1, 0.15) is 12.2 Å². The van der Waals surface area contributed by atoms with Crippen molar-refractivity contribution in [1.82, 2.24) is 4.90 Å². The molecule has 3 heterocycles. The maximum atomic E-state index is 9.77. The van der Waals surface area contributed by atoms with E-state index < -0.39 is 24.1 Å². The quantitative estimate of drug-likeness (QED) is 0.265. The summed E-state index contributed by atoms with van der Waals surface area (Å²) in [6, 6.07) is 16.2. The standard InChI is InChI=1S/C33H41NO3.C4H6O6/c1-35-27-14-13-24-18-26-25-19-32(15-6-5-10-22-8-3-2-4-9-22)21-36-30(32)31-33(25,28(24)29(27)37-31)16-17-34(26)20-23-11-7-12-23;5-1(3(7)8)2(6)4(9)10/h2-4,8-9,13-14,23,25-26,30-31H,5-7,10-12,15-21H2,1H3;1-2,5-6H,(H,7,8)(H,9,10)/t25?,26?,30-,31?,32-,33?;/m1./s1. The van der Waals surface area contributed by atoms with E-state index in [1.807, 2.05) is 0 Å². The Morgan fingerprint density at radius 1 is 1.02 bits per heavy atom. The maximum absolute atomic E-state index is 9.77. The van der Waals surface area contributed by atoms with Gasteiger partial charge in [-0.1, -0.05) is 49.2 Å². The first-order chi connectivity index (χ1) is 22.7. The molecule has 8 atom stereocenters. The number of fused-ring (bicyclic) bond motifs is 2. The lowest BCUT2D eigenvalue weighted by Crippen LogP contribution is -2.75. The number of nitrogens with zero attached hydrogens (tertiary/aromatic N) is 1. The molecule has 1 spiro atoms. The Morgan fingerprint density at radius 2 is 1.77 bits per heavy atom. The number of aliphatic hydroxyl groups excluding tert-OH is 2. The summed E-state index contributed by atoms with van der Waals surface area (Å²) in [5, 5.41) is 32.5. The number of aryl methyl sites for hydroxylation is 1. The van der Waals surface area contributed by atoms with Crippen LogP contribution in [-0.2, 0) is 32.6 Å². The van der Waals surface area contributed by atoms with Crippen LogP contribution in [-0.4, -0.2) is 94.5 Å². The molecule has 2 aromatic rings. The van der Waals surface area contributed by atoms with Gasteiger partial charge in [-0.05, 0) is 86.9 Å². The van der Waals surface area contributed by atoms with Crippen LogP contribution in [0.1, 0.15) is 68.1 Å². The third kappa shape index (κ3) is 5.41. The molecule has 2 bridgehead atoms. The molecule has 2 aromatic carbocycles. The zero-order valence-corrected chi connectivity index (χ0v) is 27.1. The lowest BCUT2D eigenvalue weighted by Gasteiger charge is -2.67. The number of ether oxygens (including phenoxy) is 3. The van der Waals surface area contributed by atoms with Gasteiger partial charge >= 0.3 is 11.9 Å². The Balaban J connectivity index is 0.000000308. The molecule has 0 amide bonds. The monoisotopic (exact) mass is 649 g/mol. The number of hydrogen-bond donors (Lipinski definition) is 4. The van der Waals surface area contributed by atoms with E-state index in [-0.39, 0.29) is 23.0 Å². The van der Waals surface area contributed by atoms with E-state index >= 15 is 0 Å². The Hall–Kier alpha value is -3.18. The molecule has 2 saturated heterocycles. The van der Waals surface area contributed by atoms with Gasteiger partial charge in [-0.3, -0.25) is 4.90 Å². The number of benzene rings is 2. The van der Waals surface area contributed by atoms with E-state index in [9.17, 15) is 9.59 Å². The number of aliphatic carboxylic acids is 2. The van der Waals surface area contributed by atoms with Crippen LogP contribution in [0.2, 0.25) is 0 Å². The van der Waals surface area contributed by atoms with Crippen molar-refractivity contribution in [1.29, 1.82) is 0 Å². The zero-order valence-electron chi connectivity index (χ0n) is 27.1. The first-order valence-electron chi connectivity index (χ1n) is 17.3. The lowest BCUT2D eigenvalue weighted by molar-refractivity contribution is -0.280. The van der Waals surface area contributed by atoms with Crippen molar-refractivity contribution in [3.05, 3.63) is 59.2 Å². The molecule has 3 aliphatic heterocycles. The number of methoxy groups -OCH3 is 1. The normalized spacial score (nSPS) is 32.6. The van der Waals surface area contributed by atoms with Gasteiger partial charge in [-0.25, -0.2) is 9.59 Å². The van der Waals surface area contributed by atoms with Crippen LogP contribution in [0, 0.1) is 17.3 Å². The highest BCUT2D eigenvalue weighted by Gasteiger charge is 2.73. The largest absolute Gasteiger partial charge is 0.493 e. The smallest absolute Gasteiger partial charge is 0.335 e.